The maximum Gasteiger partial charge on any atom is 0.412 e. The van der Waals surface area contributed by atoms with Gasteiger partial charge in [0.1, 0.15) is 0 Å². The van der Waals surface area contributed by atoms with E-state index in [0.717, 1.165) is 6.08 Å². The number of allylic oxidation sites excluding steroid dienone is 1. The Balaban J connectivity index is 2.30. The van der Waals surface area contributed by atoms with E-state index in [2.05, 4.69) is 4.74 Å². The average Bonchev–Trinajstić information content (AvgIpc) is 2.41. The first-order valence-corrected chi connectivity index (χ1v) is 4.43. The molecular weight excluding hydrogens is 213 g/mol. The van der Waals surface area contributed by atoms with Crippen LogP contribution >= 0.6 is 0 Å². The molecule has 2 atom stereocenters. The summed E-state index contributed by atoms with van der Waals surface area (Å²) in [4.78, 5) is 22.1. The van der Waals surface area contributed by atoms with E-state index in [9.17, 15) is 22.8 Å². The van der Waals surface area contributed by atoms with Gasteiger partial charge in [0.15, 0.2) is 0 Å². The average molecular weight is 220 g/mol. The molecule has 1 aliphatic carbocycles. The molecule has 1 saturated heterocycles. The third-order valence-corrected chi connectivity index (χ3v) is 2.68. The van der Waals surface area contributed by atoms with Gasteiger partial charge in [-0.05, 0) is 12.8 Å². The number of esters is 2. The smallest absolute Gasteiger partial charge is 0.392 e. The number of fused-ring (bicyclic) bond motifs is 1. The van der Waals surface area contributed by atoms with Crippen LogP contribution in [-0.4, -0.2) is 18.1 Å². The molecule has 3 nitrogen and oxygen atoms in total. The number of ether oxygens (including phenoxy) is 1. The third kappa shape index (κ3) is 1.64. The molecule has 2 aliphatic rings. The fourth-order valence-electron chi connectivity index (χ4n) is 1.88. The summed E-state index contributed by atoms with van der Waals surface area (Å²) in [5, 5.41) is 0. The Morgan fingerprint density at radius 2 is 1.93 bits per heavy atom. The Hall–Kier alpha value is -1.33. The maximum absolute atomic E-state index is 12.3. The number of cyclic esters (lactones) is 2. The normalized spacial score (nSPS) is 31.0. The Kier molecular flexibility index (Phi) is 2.09. The van der Waals surface area contributed by atoms with Gasteiger partial charge in [-0.15, -0.1) is 0 Å². The summed E-state index contributed by atoms with van der Waals surface area (Å²) in [5.41, 5.74) is -0.740. The third-order valence-electron chi connectivity index (χ3n) is 2.68. The highest BCUT2D eigenvalue weighted by atomic mass is 19.4. The first-order chi connectivity index (χ1) is 6.89. The van der Waals surface area contributed by atoms with Gasteiger partial charge in [-0.2, -0.15) is 13.2 Å². The quantitative estimate of drug-likeness (QED) is 0.353. The zero-order valence-corrected chi connectivity index (χ0v) is 7.50. The second-order valence-electron chi connectivity index (χ2n) is 3.60. The van der Waals surface area contributed by atoms with E-state index >= 15 is 0 Å². The van der Waals surface area contributed by atoms with E-state index < -0.39 is 35.5 Å². The minimum Gasteiger partial charge on any atom is -0.392 e. The summed E-state index contributed by atoms with van der Waals surface area (Å²) in [7, 11) is 0. The number of hydrogen-bond acceptors (Lipinski definition) is 3. The van der Waals surface area contributed by atoms with Crippen molar-refractivity contribution in [1.82, 2.24) is 0 Å². The van der Waals surface area contributed by atoms with Crippen molar-refractivity contribution < 1.29 is 27.5 Å². The lowest BCUT2D eigenvalue weighted by Gasteiger charge is -2.21. The standard InChI is InChI=1S/C9H7F3O3/c10-9(11,12)4-1-2-5-6(3-4)8(14)15-7(5)13/h3,5-6H,1-2H2. The predicted molar refractivity (Wildman–Crippen MR) is 41.5 cm³/mol. The second kappa shape index (κ2) is 3.08. The highest BCUT2D eigenvalue weighted by Crippen LogP contribution is 2.40. The van der Waals surface area contributed by atoms with Gasteiger partial charge in [-0.25, -0.2) is 0 Å². The summed E-state index contributed by atoms with van der Waals surface area (Å²) in [6.45, 7) is 0. The lowest BCUT2D eigenvalue weighted by molar-refractivity contribution is -0.153. The van der Waals surface area contributed by atoms with Gasteiger partial charge in [0.05, 0.1) is 11.8 Å². The summed E-state index contributed by atoms with van der Waals surface area (Å²) < 4.78 is 41.2. The number of alkyl halides is 3. The van der Waals surface area contributed by atoms with Crippen molar-refractivity contribution in [2.45, 2.75) is 19.0 Å². The summed E-state index contributed by atoms with van der Waals surface area (Å²) in [5.74, 6) is -3.33. The van der Waals surface area contributed by atoms with Crippen LogP contribution in [-0.2, 0) is 14.3 Å². The Morgan fingerprint density at radius 3 is 2.53 bits per heavy atom. The van der Waals surface area contributed by atoms with Crippen molar-refractivity contribution in [3.8, 4) is 0 Å². The number of rotatable bonds is 0. The van der Waals surface area contributed by atoms with Gasteiger partial charge in [-0.3, -0.25) is 9.59 Å². The van der Waals surface area contributed by atoms with Crippen LogP contribution in [0.4, 0.5) is 13.2 Å². The molecule has 0 bridgehead atoms. The molecule has 2 unspecified atom stereocenters. The van der Waals surface area contributed by atoms with Crippen LogP contribution in [0.5, 0.6) is 0 Å². The maximum atomic E-state index is 12.3. The number of hydrogen-bond donors (Lipinski definition) is 0. The van der Waals surface area contributed by atoms with Crippen LogP contribution in [0.15, 0.2) is 11.6 Å². The lowest BCUT2D eigenvalue weighted by Crippen LogP contribution is -2.25. The van der Waals surface area contributed by atoms with Gasteiger partial charge in [0, 0.05) is 5.57 Å². The summed E-state index contributed by atoms with van der Waals surface area (Å²) in [6.07, 6.45) is -3.80. The highest BCUT2D eigenvalue weighted by Gasteiger charge is 2.48. The molecule has 0 aromatic carbocycles. The highest BCUT2D eigenvalue weighted by molar-refractivity contribution is 5.97. The lowest BCUT2D eigenvalue weighted by atomic mass is 9.82. The van der Waals surface area contributed by atoms with E-state index in [0.29, 0.717) is 0 Å². The molecule has 1 aliphatic heterocycles. The van der Waals surface area contributed by atoms with Crippen LogP contribution in [0.2, 0.25) is 0 Å². The fourth-order valence-corrected chi connectivity index (χ4v) is 1.88. The Bertz CT molecular complexity index is 356. The summed E-state index contributed by atoms with van der Waals surface area (Å²) in [6, 6.07) is 0. The molecular formula is C9H7F3O3. The molecule has 15 heavy (non-hydrogen) atoms. The van der Waals surface area contributed by atoms with Crippen molar-refractivity contribution in [2.24, 2.45) is 11.8 Å². The van der Waals surface area contributed by atoms with Gasteiger partial charge in [-0.1, -0.05) is 6.08 Å². The van der Waals surface area contributed by atoms with Crippen molar-refractivity contribution in [3.05, 3.63) is 11.6 Å². The minimum absolute atomic E-state index is 0.0284. The molecule has 0 spiro atoms. The van der Waals surface area contributed by atoms with E-state index in [4.69, 9.17) is 0 Å². The van der Waals surface area contributed by atoms with Crippen LogP contribution in [0.1, 0.15) is 12.8 Å². The van der Waals surface area contributed by atoms with E-state index in [-0.39, 0.29) is 12.8 Å². The largest absolute Gasteiger partial charge is 0.412 e. The minimum atomic E-state index is -4.42. The number of carbonyl (C=O) groups is 2. The molecule has 0 saturated carbocycles. The number of halogens is 3. The van der Waals surface area contributed by atoms with Gasteiger partial charge in [0.25, 0.3) is 0 Å². The fraction of sp³-hybridized carbons (Fsp3) is 0.556. The van der Waals surface area contributed by atoms with Gasteiger partial charge >= 0.3 is 18.1 Å². The topological polar surface area (TPSA) is 43.4 Å². The number of carbonyl (C=O) groups excluding carboxylic acids is 2. The van der Waals surface area contributed by atoms with Gasteiger partial charge in [0.2, 0.25) is 0 Å². The first-order valence-electron chi connectivity index (χ1n) is 4.43. The molecule has 0 aromatic rings. The summed E-state index contributed by atoms with van der Waals surface area (Å²) >= 11 is 0. The zero-order chi connectivity index (χ0) is 11.2. The van der Waals surface area contributed by atoms with E-state index in [1.165, 1.54) is 0 Å². The second-order valence-corrected chi connectivity index (χ2v) is 3.60. The van der Waals surface area contributed by atoms with Crippen molar-refractivity contribution in [2.75, 3.05) is 0 Å². The molecule has 2 rings (SSSR count). The molecule has 0 radical (unpaired) electrons. The predicted octanol–water partition coefficient (Wildman–Crippen LogP) is 1.58. The first kappa shape index (κ1) is 10.2. The molecule has 0 amide bonds. The zero-order valence-electron chi connectivity index (χ0n) is 7.50. The van der Waals surface area contributed by atoms with Crippen LogP contribution in [0, 0.1) is 11.8 Å². The van der Waals surface area contributed by atoms with Gasteiger partial charge < -0.3 is 4.74 Å². The van der Waals surface area contributed by atoms with Crippen LogP contribution in [0.3, 0.4) is 0 Å². The molecule has 6 heteroatoms. The van der Waals surface area contributed by atoms with Crippen molar-refractivity contribution in [1.29, 1.82) is 0 Å². The van der Waals surface area contributed by atoms with Crippen molar-refractivity contribution in [3.63, 3.8) is 0 Å². The van der Waals surface area contributed by atoms with Crippen molar-refractivity contribution >= 4 is 11.9 Å². The van der Waals surface area contributed by atoms with E-state index in [1.807, 2.05) is 0 Å². The van der Waals surface area contributed by atoms with Crippen LogP contribution in [0.25, 0.3) is 0 Å². The SMILES string of the molecule is O=C1OC(=O)C2CCC(C(F)(F)F)=CC12. The Morgan fingerprint density at radius 1 is 1.27 bits per heavy atom. The van der Waals surface area contributed by atoms with E-state index in [1.54, 1.807) is 0 Å². The molecule has 1 fully saturated rings. The molecule has 1 heterocycles. The molecule has 0 N–H and O–H groups in total. The monoisotopic (exact) mass is 220 g/mol. The van der Waals surface area contributed by atoms with Crippen LogP contribution < -0.4 is 0 Å². The Labute approximate surface area is 82.9 Å². The molecule has 82 valence electrons. The molecule has 0 aromatic heterocycles.